The van der Waals surface area contributed by atoms with Crippen molar-refractivity contribution < 1.29 is 22.4 Å². The van der Waals surface area contributed by atoms with E-state index in [-0.39, 0.29) is 10.6 Å². The average molecular weight is 300 g/mol. The van der Waals surface area contributed by atoms with Gasteiger partial charge in [-0.2, -0.15) is 8.78 Å². The summed E-state index contributed by atoms with van der Waals surface area (Å²) >= 11 is 5.74. The summed E-state index contributed by atoms with van der Waals surface area (Å²) in [5.41, 5.74) is -0.103. The predicted molar refractivity (Wildman–Crippen MR) is 62.1 cm³/mol. The number of anilines is 1. The summed E-state index contributed by atoms with van der Waals surface area (Å²) < 4.78 is 49.0. The molecule has 106 valence electrons. The molecule has 4 nitrogen and oxygen atoms in total. The van der Waals surface area contributed by atoms with E-state index in [9.17, 15) is 22.4 Å². The van der Waals surface area contributed by atoms with Crippen LogP contribution in [0.25, 0.3) is 0 Å². The Balaban J connectivity index is 2.72. The molecule has 0 atom stereocenters. The molecule has 0 aromatic carbocycles. The summed E-state index contributed by atoms with van der Waals surface area (Å²) in [7, 11) is 1.55. The van der Waals surface area contributed by atoms with Gasteiger partial charge < -0.3 is 10.6 Å². The minimum Gasteiger partial charge on any atom is -0.372 e. The fraction of sp³-hybridized carbons (Fsp3) is 0.400. The molecule has 1 amide bonds. The zero-order chi connectivity index (χ0) is 14.6. The summed E-state index contributed by atoms with van der Waals surface area (Å²) in [6.07, 6.45) is -2.76. The molecule has 0 aliphatic rings. The van der Waals surface area contributed by atoms with Crippen molar-refractivity contribution in [2.24, 2.45) is 0 Å². The summed E-state index contributed by atoms with van der Waals surface area (Å²) in [5.74, 6) is -4.94. The maximum atomic E-state index is 12.6. The average Bonchev–Trinajstić information content (AvgIpc) is 2.35. The maximum Gasteiger partial charge on any atom is 0.324 e. The van der Waals surface area contributed by atoms with Crippen molar-refractivity contribution in [1.82, 2.24) is 10.3 Å². The van der Waals surface area contributed by atoms with Gasteiger partial charge in [-0.3, -0.25) is 4.79 Å². The zero-order valence-electron chi connectivity index (χ0n) is 9.68. The molecule has 1 heterocycles. The van der Waals surface area contributed by atoms with Crippen molar-refractivity contribution in [3.63, 3.8) is 0 Å². The topological polar surface area (TPSA) is 54.0 Å². The Hall–Kier alpha value is -1.57. The van der Waals surface area contributed by atoms with Gasteiger partial charge >= 0.3 is 12.3 Å². The van der Waals surface area contributed by atoms with Gasteiger partial charge in [0, 0.05) is 13.2 Å². The highest BCUT2D eigenvalue weighted by molar-refractivity contribution is 6.33. The lowest BCUT2D eigenvalue weighted by Crippen LogP contribution is -2.41. The first-order valence-electron chi connectivity index (χ1n) is 5.05. The smallest absolute Gasteiger partial charge is 0.324 e. The second kappa shape index (κ2) is 6.05. The predicted octanol–water partition coefficient (Wildman–Crippen LogP) is 2.41. The van der Waals surface area contributed by atoms with E-state index in [1.54, 1.807) is 12.4 Å². The Labute approximate surface area is 111 Å². The van der Waals surface area contributed by atoms with Crippen LogP contribution in [0.5, 0.6) is 0 Å². The Morgan fingerprint density at radius 3 is 2.63 bits per heavy atom. The van der Waals surface area contributed by atoms with Crippen molar-refractivity contribution in [3.8, 4) is 0 Å². The third-order valence-corrected chi connectivity index (χ3v) is 2.43. The van der Waals surface area contributed by atoms with E-state index in [0.717, 1.165) is 6.20 Å². The molecule has 1 aromatic rings. The number of carbonyl (C=O) groups is 1. The standard InChI is InChI=1S/C10H10ClF4N3O/c1-16-7-6(11)2-5(3-17-7)8(19)18-4-10(14,15)9(12)13/h2-3,9H,4H2,1H3,(H,16,17)(H,18,19). The summed E-state index contributed by atoms with van der Waals surface area (Å²) in [6.45, 7) is -1.46. The second-order valence-corrected chi connectivity index (χ2v) is 3.96. The molecule has 0 aliphatic carbocycles. The lowest BCUT2D eigenvalue weighted by atomic mass is 10.2. The van der Waals surface area contributed by atoms with Gasteiger partial charge in [-0.15, -0.1) is 0 Å². The van der Waals surface area contributed by atoms with Gasteiger partial charge in [0.05, 0.1) is 17.1 Å². The van der Waals surface area contributed by atoms with Crippen molar-refractivity contribution >= 4 is 23.3 Å². The number of nitrogens with zero attached hydrogens (tertiary/aromatic N) is 1. The zero-order valence-corrected chi connectivity index (χ0v) is 10.4. The van der Waals surface area contributed by atoms with Crippen LogP contribution in [0.4, 0.5) is 23.4 Å². The molecule has 9 heteroatoms. The minimum absolute atomic E-state index is 0.103. The molecule has 1 aromatic heterocycles. The van der Waals surface area contributed by atoms with Crippen LogP contribution in [0.3, 0.4) is 0 Å². The third-order valence-electron chi connectivity index (χ3n) is 2.14. The van der Waals surface area contributed by atoms with Gasteiger partial charge in [0.2, 0.25) is 0 Å². The SMILES string of the molecule is CNc1ncc(C(=O)NCC(F)(F)C(F)F)cc1Cl. The Morgan fingerprint density at radius 2 is 2.16 bits per heavy atom. The first-order valence-corrected chi connectivity index (χ1v) is 5.43. The second-order valence-electron chi connectivity index (χ2n) is 3.55. The van der Waals surface area contributed by atoms with Crippen LogP contribution in [-0.2, 0) is 0 Å². The van der Waals surface area contributed by atoms with E-state index in [4.69, 9.17) is 11.6 Å². The first kappa shape index (κ1) is 15.5. The lowest BCUT2D eigenvalue weighted by molar-refractivity contribution is -0.123. The highest BCUT2D eigenvalue weighted by Crippen LogP contribution is 2.22. The molecule has 0 saturated carbocycles. The van der Waals surface area contributed by atoms with Gasteiger partial charge in [-0.1, -0.05) is 11.6 Å². The quantitative estimate of drug-likeness (QED) is 0.821. The molecule has 0 radical (unpaired) electrons. The van der Waals surface area contributed by atoms with E-state index in [0.29, 0.717) is 5.82 Å². The highest BCUT2D eigenvalue weighted by Gasteiger charge is 2.40. The number of nitrogens with one attached hydrogen (secondary N) is 2. The molecule has 0 spiro atoms. The molecule has 1 rings (SSSR count). The number of halogens is 5. The number of hydrogen-bond donors (Lipinski definition) is 2. The molecular weight excluding hydrogens is 290 g/mol. The molecule has 19 heavy (non-hydrogen) atoms. The van der Waals surface area contributed by atoms with Gasteiger partial charge in [0.25, 0.3) is 5.91 Å². The number of alkyl halides is 4. The Bertz CT molecular complexity index is 470. The minimum atomic E-state index is -4.28. The number of amides is 1. The van der Waals surface area contributed by atoms with Crippen LogP contribution >= 0.6 is 11.6 Å². The summed E-state index contributed by atoms with van der Waals surface area (Å²) in [4.78, 5) is 15.2. The van der Waals surface area contributed by atoms with Crippen LogP contribution in [-0.4, -0.2) is 36.8 Å². The number of hydrogen-bond acceptors (Lipinski definition) is 3. The van der Waals surface area contributed by atoms with Crippen molar-refractivity contribution in [1.29, 1.82) is 0 Å². The molecule has 0 saturated heterocycles. The monoisotopic (exact) mass is 299 g/mol. The molecule has 2 N–H and O–H groups in total. The van der Waals surface area contributed by atoms with Crippen molar-refractivity contribution in [2.75, 3.05) is 18.9 Å². The fourth-order valence-electron chi connectivity index (χ4n) is 1.12. The molecule has 0 fully saturated rings. The van der Waals surface area contributed by atoms with Crippen molar-refractivity contribution in [3.05, 3.63) is 22.8 Å². The number of carbonyl (C=O) groups excluding carboxylic acids is 1. The number of rotatable bonds is 5. The number of aromatic nitrogens is 1. The van der Waals surface area contributed by atoms with E-state index >= 15 is 0 Å². The number of pyridine rings is 1. The normalized spacial score (nSPS) is 11.5. The largest absolute Gasteiger partial charge is 0.372 e. The summed E-state index contributed by atoms with van der Waals surface area (Å²) in [6, 6.07) is 1.19. The highest BCUT2D eigenvalue weighted by atomic mass is 35.5. The molecular formula is C10H10ClF4N3O. The van der Waals surface area contributed by atoms with E-state index in [2.05, 4.69) is 10.3 Å². The molecule has 0 aliphatic heterocycles. The third kappa shape index (κ3) is 3.95. The van der Waals surface area contributed by atoms with Gasteiger partial charge in [-0.25, -0.2) is 13.8 Å². The summed E-state index contributed by atoms with van der Waals surface area (Å²) in [5, 5.41) is 4.44. The van der Waals surface area contributed by atoms with Gasteiger partial charge in [0.15, 0.2) is 0 Å². The lowest BCUT2D eigenvalue weighted by Gasteiger charge is -2.15. The Kier molecular flexibility index (Phi) is 4.93. The van der Waals surface area contributed by atoms with Gasteiger partial charge in [-0.05, 0) is 6.07 Å². The van der Waals surface area contributed by atoms with Gasteiger partial charge in [0.1, 0.15) is 5.82 Å². The molecule has 0 unspecified atom stereocenters. The fourth-order valence-corrected chi connectivity index (χ4v) is 1.38. The van der Waals surface area contributed by atoms with E-state index in [1.807, 2.05) is 0 Å². The van der Waals surface area contributed by atoms with Crippen molar-refractivity contribution in [2.45, 2.75) is 12.3 Å². The van der Waals surface area contributed by atoms with Crippen LogP contribution in [0.1, 0.15) is 10.4 Å². The molecule has 0 bridgehead atoms. The van der Waals surface area contributed by atoms with E-state index in [1.165, 1.54) is 6.07 Å². The van der Waals surface area contributed by atoms with Crippen LogP contribution in [0.15, 0.2) is 12.3 Å². The maximum absolute atomic E-state index is 12.6. The van der Waals surface area contributed by atoms with Crippen LogP contribution < -0.4 is 10.6 Å². The van der Waals surface area contributed by atoms with Crippen LogP contribution in [0.2, 0.25) is 5.02 Å². The Morgan fingerprint density at radius 1 is 1.53 bits per heavy atom. The first-order chi connectivity index (χ1) is 8.77. The van der Waals surface area contributed by atoms with Crippen LogP contribution in [0, 0.1) is 0 Å². The van der Waals surface area contributed by atoms with E-state index < -0.39 is 24.8 Å².